The summed E-state index contributed by atoms with van der Waals surface area (Å²) in [6.07, 6.45) is 0.569. The Morgan fingerprint density at radius 3 is 2.84 bits per heavy atom. The van der Waals surface area contributed by atoms with Crippen molar-refractivity contribution in [2.75, 3.05) is 17.8 Å². The lowest BCUT2D eigenvalue weighted by Crippen LogP contribution is -2.33. The molecule has 4 heterocycles. The number of nitrogens with two attached hydrogens (primary N) is 1. The monoisotopic (exact) mass is 446 g/mol. The molecule has 4 unspecified atom stereocenters. The summed E-state index contributed by atoms with van der Waals surface area (Å²) in [5.41, 5.74) is 8.94. The minimum Gasteiger partial charge on any atom is -0.401 e. The second kappa shape index (κ2) is 8.67. The largest absolute Gasteiger partial charge is 0.433 e. The summed E-state index contributed by atoms with van der Waals surface area (Å²) in [5.74, 6) is 0.0164. The lowest BCUT2D eigenvalue weighted by molar-refractivity contribution is -0.402. The number of hydrogen-bond donors (Lipinski definition) is 5. The Bertz CT molecular complexity index is 1190. The smallest absolute Gasteiger partial charge is 0.401 e. The van der Waals surface area contributed by atoms with Crippen molar-refractivity contribution >= 4 is 41.1 Å². The minimum atomic E-state index is -1.39. The molecule has 4 rings (SSSR count). The SMILES string of the molecule is Nc1ncnc2c1nc(N/N=C/C=C/c1ccc([N+](=O)[O-])o1)n2C1OC(CO)C(O)C1O. The zero-order chi connectivity index (χ0) is 22.8. The standard InChI is InChI=1S/C17H18N8O7/c18-14-11-15(20-7-19-14)24(16-13(28)12(27)9(6-26)32-16)17(22-11)23-21-5-1-2-8-3-4-10(31-8)25(29)30/h1-5,7,9,12-13,16,26-28H,6H2,(H,22,23)(H2,18,19,20)/b2-1+,21-5+. The number of furan rings is 1. The van der Waals surface area contributed by atoms with Crippen molar-refractivity contribution in [2.24, 2.45) is 5.10 Å². The lowest BCUT2D eigenvalue weighted by atomic mass is 10.1. The fraction of sp³-hybridized carbons (Fsp3) is 0.294. The number of aliphatic hydroxyl groups is 3. The van der Waals surface area contributed by atoms with Crippen LogP contribution in [-0.2, 0) is 4.74 Å². The van der Waals surface area contributed by atoms with Gasteiger partial charge in [-0.25, -0.2) is 20.4 Å². The summed E-state index contributed by atoms with van der Waals surface area (Å²) < 4.78 is 11.9. The van der Waals surface area contributed by atoms with Crippen LogP contribution in [0, 0.1) is 10.1 Å². The highest BCUT2D eigenvalue weighted by Gasteiger charge is 2.45. The van der Waals surface area contributed by atoms with Gasteiger partial charge in [0.25, 0.3) is 0 Å². The molecule has 168 valence electrons. The molecule has 0 saturated carbocycles. The van der Waals surface area contributed by atoms with Gasteiger partial charge in [0, 0.05) is 6.21 Å². The highest BCUT2D eigenvalue weighted by Crippen LogP contribution is 2.35. The second-order valence-corrected chi connectivity index (χ2v) is 6.65. The molecule has 0 radical (unpaired) electrons. The van der Waals surface area contributed by atoms with Gasteiger partial charge in [0.15, 0.2) is 23.2 Å². The van der Waals surface area contributed by atoms with E-state index >= 15 is 0 Å². The molecule has 1 aliphatic rings. The summed E-state index contributed by atoms with van der Waals surface area (Å²) in [5, 5.41) is 44.5. The average molecular weight is 446 g/mol. The van der Waals surface area contributed by atoms with E-state index in [1.165, 1.54) is 41.4 Å². The number of nitrogens with zero attached hydrogens (tertiary/aromatic N) is 6. The number of rotatable bonds is 7. The molecule has 15 nitrogen and oxygen atoms in total. The van der Waals surface area contributed by atoms with Gasteiger partial charge >= 0.3 is 5.88 Å². The molecule has 3 aromatic heterocycles. The molecule has 0 aromatic carbocycles. The van der Waals surface area contributed by atoms with Crippen molar-refractivity contribution < 1.29 is 29.4 Å². The highest BCUT2D eigenvalue weighted by molar-refractivity contribution is 5.84. The number of aromatic nitrogens is 4. The van der Waals surface area contributed by atoms with E-state index < -0.39 is 36.1 Å². The van der Waals surface area contributed by atoms with Gasteiger partial charge in [-0.1, -0.05) is 0 Å². The molecule has 6 N–H and O–H groups in total. The number of allylic oxidation sites excluding steroid dienone is 1. The highest BCUT2D eigenvalue weighted by atomic mass is 16.6. The zero-order valence-corrected chi connectivity index (χ0v) is 16.2. The normalized spacial score (nSPS) is 23.6. The Balaban J connectivity index is 1.59. The Morgan fingerprint density at radius 2 is 2.16 bits per heavy atom. The van der Waals surface area contributed by atoms with E-state index in [9.17, 15) is 25.4 Å². The van der Waals surface area contributed by atoms with Gasteiger partial charge in [0.05, 0.1) is 12.7 Å². The van der Waals surface area contributed by atoms with E-state index in [1.54, 1.807) is 0 Å². The topological polar surface area (TPSA) is 220 Å². The van der Waals surface area contributed by atoms with Crippen LogP contribution in [0.4, 0.5) is 17.7 Å². The first kappa shape index (κ1) is 21.3. The van der Waals surface area contributed by atoms with Crippen LogP contribution in [0.25, 0.3) is 17.2 Å². The predicted molar refractivity (Wildman–Crippen MR) is 109 cm³/mol. The molecule has 1 aliphatic heterocycles. The van der Waals surface area contributed by atoms with Crippen LogP contribution in [0.3, 0.4) is 0 Å². The molecule has 4 atom stereocenters. The van der Waals surface area contributed by atoms with Gasteiger partial charge in [-0.2, -0.15) is 5.10 Å². The van der Waals surface area contributed by atoms with Crippen LogP contribution < -0.4 is 11.2 Å². The first-order valence-electron chi connectivity index (χ1n) is 9.21. The van der Waals surface area contributed by atoms with E-state index in [0.717, 1.165) is 0 Å². The summed E-state index contributed by atoms with van der Waals surface area (Å²) in [7, 11) is 0. The van der Waals surface area contributed by atoms with Gasteiger partial charge < -0.3 is 30.2 Å². The lowest BCUT2D eigenvalue weighted by Gasteiger charge is -2.18. The fourth-order valence-corrected chi connectivity index (χ4v) is 3.15. The van der Waals surface area contributed by atoms with Crippen LogP contribution >= 0.6 is 0 Å². The fourth-order valence-electron chi connectivity index (χ4n) is 3.15. The van der Waals surface area contributed by atoms with Crippen molar-refractivity contribution in [1.29, 1.82) is 0 Å². The molecule has 0 bridgehead atoms. The summed E-state index contributed by atoms with van der Waals surface area (Å²) in [6, 6.07) is 2.66. The first-order valence-corrected chi connectivity index (χ1v) is 9.21. The van der Waals surface area contributed by atoms with E-state index in [-0.39, 0.29) is 34.6 Å². The number of ether oxygens (including phenoxy) is 1. The number of anilines is 2. The summed E-state index contributed by atoms with van der Waals surface area (Å²) >= 11 is 0. The molecule has 0 amide bonds. The van der Waals surface area contributed by atoms with Crippen molar-refractivity contribution in [3.8, 4) is 0 Å². The third-order valence-electron chi connectivity index (χ3n) is 4.66. The van der Waals surface area contributed by atoms with Crippen LogP contribution in [0.15, 0.2) is 34.1 Å². The number of fused-ring (bicyclic) bond motifs is 1. The number of nitrogen functional groups attached to an aromatic ring is 1. The van der Waals surface area contributed by atoms with E-state index in [2.05, 4.69) is 25.5 Å². The van der Waals surface area contributed by atoms with Crippen LogP contribution in [-0.4, -0.2) is 70.9 Å². The molecule has 3 aromatic rings. The summed E-state index contributed by atoms with van der Waals surface area (Å²) in [6.45, 7) is -0.505. The second-order valence-electron chi connectivity index (χ2n) is 6.65. The number of imidazole rings is 1. The van der Waals surface area contributed by atoms with Crippen molar-refractivity contribution in [2.45, 2.75) is 24.5 Å². The maximum absolute atomic E-state index is 10.6. The number of nitrogens with one attached hydrogen (secondary N) is 1. The molecular weight excluding hydrogens is 428 g/mol. The molecule has 15 heteroatoms. The molecule has 1 fully saturated rings. The Labute approximate surface area is 178 Å². The van der Waals surface area contributed by atoms with Crippen molar-refractivity contribution in [3.63, 3.8) is 0 Å². The van der Waals surface area contributed by atoms with Crippen LogP contribution in [0.2, 0.25) is 0 Å². The zero-order valence-electron chi connectivity index (χ0n) is 16.2. The maximum Gasteiger partial charge on any atom is 0.433 e. The number of nitro groups is 1. The Kier molecular flexibility index (Phi) is 5.78. The van der Waals surface area contributed by atoms with Gasteiger partial charge in [-0.05, 0) is 18.2 Å². The number of aliphatic hydroxyl groups excluding tert-OH is 3. The average Bonchev–Trinajstić information content (AvgIpc) is 3.46. The maximum atomic E-state index is 10.6. The third-order valence-corrected chi connectivity index (χ3v) is 4.66. The van der Waals surface area contributed by atoms with Gasteiger partial charge in [-0.15, -0.1) is 0 Å². The Hall–Kier alpha value is -3.92. The predicted octanol–water partition coefficient (Wildman–Crippen LogP) is -0.368. The molecule has 0 aliphatic carbocycles. The van der Waals surface area contributed by atoms with Crippen molar-refractivity contribution in [1.82, 2.24) is 19.5 Å². The van der Waals surface area contributed by atoms with Crippen molar-refractivity contribution in [3.05, 3.63) is 40.4 Å². The summed E-state index contributed by atoms with van der Waals surface area (Å²) in [4.78, 5) is 22.3. The first-order chi connectivity index (χ1) is 15.4. The van der Waals surface area contributed by atoms with Crippen LogP contribution in [0.1, 0.15) is 12.0 Å². The van der Waals surface area contributed by atoms with E-state index in [4.69, 9.17) is 14.9 Å². The Morgan fingerprint density at radius 1 is 1.34 bits per heavy atom. The quantitative estimate of drug-likeness (QED) is 0.178. The molecule has 0 spiro atoms. The number of hydrogen-bond acceptors (Lipinski definition) is 13. The molecular formula is C17H18N8O7. The van der Waals surface area contributed by atoms with Gasteiger partial charge in [0.1, 0.15) is 35.3 Å². The van der Waals surface area contributed by atoms with E-state index in [1.807, 2.05) is 0 Å². The third kappa shape index (κ3) is 3.87. The minimum absolute atomic E-state index is 0.0697. The van der Waals surface area contributed by atoms with Gasteiger partial charge in [-0.3, -0.25) is 14.7 Å². The molecule has 1 saturated heterocycles. The molecule has 32 heavy (non-hydrogen) atoms. The number of hydrazone groups is 1. The van der Waals surface area contributed by atoms with E-state index in [0.29, 0.717) is 0 Å². The van der Waals surface area contributed by atoms with Gasteiger partial charge in [0.2, 0.25) is 5.95 Å². The van der Waals surface area contributed by atoms with Crippen LogP contribution in [0.5, 0.6) is 0 Å².